The van der Waals surface area contributed by atoms with Crippen LogP contribution in [0, 0.1) is 0 Å². The van der Waals surface area contributed by atoms with Crippen LogP contribution in [0.1, 0.15) is 13.3 Å². The minimum Gasteiger partial charge on any atom is -0.388 e. The molecule has 2 N–H and O–H groups in total. The molecule has 0 radical (unpaired) electrons. The Morgan fingerprint density at radius 1 is 1.42 bits per heavy atom. The van der Waals surface area contributed by atoms with Crippen LogP contribution < -0.4 is 0 Å². The molecule has 1 rings (SSSR count). The Balaban J connectivity index is 2.52. The molecule has 1 saturated heterocycles. The van der Waals surface area contributed by atoms with Crippen LogP contribution in [0.3, 0.4) is 0 Å². The molecule has 0 aromatic rings. The highest BCUT2D eigenvalue weighted by molar-refractivity contribution is 4.86. The minimum absolute atomic E-state index is 0.258. The van der Waals surface area contributed by atoms with Crippen molar-refractivity contribution in [2.24, 2.45) is 0 Å². The fraction of sp³-hybridized carbons (Fsp3) is 1.00. The van der Waals surface area contributed by atoms with Gasteiger partial charge < -0.3 is 19.7 Å². The second-order valence-corrected chi connectivity index (χ2v) is 3.04. The summed E-state index contributed by atoms with van der Waals surface area (Å²) >= 11 is 0. The van der Waals surface area contributed by atoms with E-state index in [1.165, 1.54) is 7.11 Å². The van der Waals surface area contributed by atoms with Crippen molar-refractivity contribution in [2.75, 3.05) is 13.7 Å². The van der Waals surface area contributed by atoms with Gasteiger partial charge in [-0.3, -0.25) is 0 Å². The smallest absolute Gasteiger partial charge is 0.111 e. The van der Waals surface area contributed by atoms with E-state index < -0.39 is 18.3 Å². The molecule has 2 unspecified atom stereocenters. The Labute approximate surface area is 72.1 Å². The molecule has 1 aliphatic heterocycles. The van der Waals surface area contributed by atoms with Crippen LogP contribution in [-0.2, 0) is 9.47 Å². The van der Waals surface area contributed by atoms with E-state index in [-0.39, 0.29) is 6.10 Å². The van der Waals surface area contributed by atoms with Crippen LogP contribution in [0.2, 0.25) is 0 Å². The Morgan fingerprint density at radius 2 is 2.08 bits per heavy atom. The molecule has 1 heterocycles. The zero-order valence-corrected chi connectivity index (χ0v) is 7.43. The summed E-state index contributed by atoms with van der Waals surface area (Å²) in [5.74, 6) is 0. The first kappa shape index (κ1) is 9.92. The highest BCUT2D eigenvalue weighted by Crippen LogP contribution is 2.19. The molecule has 1 fully saturated rings. The van der Waals surface area contributed by atoms with Crippen molar-refractivity contribution in [3.63, 3.8) is 0 Å². The fourth-order valence-corrected chi connectivity index (χ4v) is 1.42. The summed E-state index contributed by atoms with van der Waals surface area (Å²) in [6.07, 6.45) is -1.61. The van der Waals surface area contributed by atoms with E-state index in [0.29, 0.717) is 13.0 Å². The van der Waals surface area contributed by atoms with Crippen LogP contribution in [0.15, 0.2) is 0 Å². The molecule has 0 spiro atoms. The maximum absolute atomic E-state index is 9.48. The van der Waals surface area contributed by atoms with Crippen molar-refractivity contribution >= 4 is 0 Å². The second-order valence-electron chi connectivity index (χ2n) is 3.04. The average Bonchev–Trinajstić information content (AvgIpc) is 2.10. The van der Waals surface area contributed by atoms with Gasteiger partial charge in [0.05, 0.1) is 12.7 Å². The Hall–Kier alpha value is -0.160. The van der Waals surface area contributed by atoms with Gasteiger partial charge in [0.15, 0.2) is 0 Å². The van der Waals surface area contributed by atoms with Crippen molar-refractivity contribution in [1.29, 1.82) is 0 Å². The molecule has 1 aliphatic rings. The highest BCUT2D eigenvalue weighted by Gasteiger charge is 2.37. The lowest BCUT2D eigenvalue weighted by atomic mass is 9.98. The maximum atomic E-state index is 9.48. The summed E-state index contributed by atoms with van der Waals surface area (Å²) in [5.41, 5.74) is 0. The molecule has 4 heteroatoms. The number of rotatable bonds is 2. The van der Waals surface area contributed by atoms with E-state index in [4.69, 9.17) is 9.47 Å². The number of aliphatic hydroxyl groups is 2. The lowest BCUT2D eigenvalue weighted by molar-refractivity contribution is -0.194. The summed E-state index contributed by atoms with van der Waals surface area (Å²) < 4.78 is 10.2. The van der Waals surface area contributed by atoms with Crippen LogP contribution >= 0.6 is 0 Å². The van der Waals surface area contributed by atoms with Crippen molar-refractivity contribution < 1.29 is 19.7 Å². The summed E-state index contributed by atoms with van der Waals surface area (Å²) in [4.78, 5) is 0. The zero-order chi connectivity index (χ0) is 9.14. The zero-order valence-electron chi connectivity index (χ0n) is 7.43. The summed E-state index contributed by atoms with van der Waals surface area (Å²) in [5, 5.41) is 19.0. The number of methoxy groups -OCH3 is 1. The number of hydrogen-bond acceptors (Lipinski definition) is 4. The van der Waals surface area contributed by atoms with Gasteiger partial charge in [-0.25, -0.2) is 0 Å². The van der Waals surface area contributed by atoms with Crippen molar-refractivity contribution in [3.8, 4) is 0 Å². The molecule has 0 saturated carbocycles. The van der Waals surface area contributed by atoms with E-state index in [0.717, 1.165) is 0 Å². The topological polar surface area (TPSA) is 58.9 Å². The summed E-state index contributed by atoms with van der Waals surface area (Å²) in [7, 11) is 1.50. The molecule has 72 valence electrons. The Bertz CT molecular complexity index is 123. The van der Waals surface area contributed by atoms with Gasteiger partial charge in [-0.2, -0.15) is 0 Å². The first-order valence-electron chi connectivity index (χ1n) is 4.21. The second kappa shape index (κ2) is 4.18. The van der Waals surface area contributed by atoms with Crippen LogP contribution in [0.25, 0.3) is 0 Å². The third-order valence-corrected chi connectivity index (χ3v) is 2.29. The molecular formula is C8H16O4. The monoisotopic (exact) mass is 176 g/mol. The van der Waals surface area contributed by atoms with Crippen LogP contribution in [-0.4, -0.2) is 48.3 Å². The molecule has 0 aliphatic carbocycles. The van der Waals surface area contributed by atoms with E-state index in [9.17, 15) is 10.2 Å². The SMILES string of the molecule is CC[C@@H]1OC[C@@H](OC)C(O)C1O. The van der Waals surface area contributed by atoms with E-state index in [1.807, 2.05) is 6.92 Å². The molecule has 12 heavy (non-hydrogen) atoms. The highest BCUT2D eigenvalue weighted by atomic mass is 16.6. The van der Waals surface area contributed by atoms with Gasteiger partial charge in [0.25, 0.3) is 0 Å². The quantitative estimate of drug-likeness (QED) is 0.597. The minimum atomic E-state index is -0.825. The van der Waals surface area contributed by atoms with Gasteiger partial charge in [-0.15, -0.1) is 0 Å². The van der Waals surface area contributed by atoms with E-state index in [1.54, 1.807) is 0 Å². The molecule has 0 aromatic carbocycles. The standard InChI is InChI=1S/C8H16O4/c1-3-5-7(9)8(10)6(11-2)4-12-5/h5-10H,3-4H2,1-2H3/t5-,6+,7?,8?/m0/s1. The summed E-state index contributed by atoms with van der Waals surface area (Å²) in [6, 6.07) is 0. The molecule has 4 nitrogen and oxygen atoms in total. The van der Waals surface area contributed by atoms with Crippen LogP contribution in [0.5, 0.6) is 0 Å². The molecule has 0 bridgehead atoms. The largest absolute Gasteiger partial charge is 0.388 e. The van der Waals surface area contributed by atoms with Gasteiger partial charge in [-0.05, 0) is 6.42 Å². The predicted octanol–water partition coefficient (Wildman–Crippen LogP) is -0.468. The molecule has 0 amide bonds. The molecular weight excluding hydrogens is 160 g/mol. The number of aliphatic hydroxyl groups excluding tert-OH is 2. The van der Waals surface area contributed by atoms with Gasteiger partial charge in [-0.1, -0.05) is 6.92 Å². The lowest BCUT2D eigenvalue weighted by Crippen LogP contribution is -2.53. The van der Waals surface area contributed by atoms with Gasteiger partial charge in [0.2, 0.25) is 0 Å². The van der Waals surface area contributed by atoms with Gasteiger partial charge >= 0.3 is 0 Å². The third-order valence-electron chi connectivity index (χ3n) is 2.29. The first-order valence-corrected chi connectivity index (χ1v) is 4.21. The van der Waals surface area contributed by atoms with Crippen molar-refractivity contribution in [1.82, 2.24) is 0 Å². The predicted molar refractivity (Wildman–Crippen MR) is 42.8 cm³/mol. The normalized spacial score (nSPS) is 43.0. The van der Waals surface area contributed by atoms with Gasteiger partial charge in [0, 0.05) is 7.11 Å². The first-order chi connectivity index (χ1) is 5.70. The number of hydrogen-bond donors (Lipinski definition) is 2. The Kier molecular flexibility index (Phi) is 3.46. The molecule has 4 atom stereocenters. The van der Waals surface area contributed by atoms with Crippen molar-refractivity contribution in [2.45, 2.75) is 37.8 Å². The van der Waals surface area contributed by atoms with E-state index in [2.05, 4.69) is 0 Å². The van der Waals surface area contributed by atoms with E-state index >= 15 is 0 Å². The third kappa shape index (κ3) is 1.77. The van der Waals surface area contributed by atoms with Crippen molar-refractivity contribution in [3.05, 3.63) is 0 Å². The number of ether oxygens (including phenoxy) is 2. The summed E-state index contributed by atoms with van der Waals surface area (Å²) in [6.45, 7) is 2.26. The average molecular weight is 176 g/mol. The maximum Gasteiger partial charge on any atom is 0.111 e. The Morgan fingerprint density at radius 3 is 2.58 bits per heavy atom. The van der Waals surface area contributed by atoms with Crippen LogP contribution in [0.4, 0.5) is 0 Å². The lowest BCUT2D eigenvalue weighted by Gasteiger charge is -2.36. The fourth-order valence-electron chi connectivity index (χ4n) is 1.42. The molecule has 0 aromatic heterocycles. The van der Waals surface area contributed by atoms with Gasteiger partial charge in [0.1, 0.15) is 18.3 Å².